The first-order valence-corrected chi connectivity index (χ1v) is 5.16. The predicted molar refractivity (Wildman–Crippen MR) is 54.3 cm³/mol. The lowest BCUT2D eigenvalue weighted by atomic mass is 9.80. The fraction of sp³-hybridized carbons (Fsp3) is 0.900. The maximum atomic E-state index is 11.5. The molecule has 1 amide bonds. The van der Waals surface area contributed by atoms with E-state index in [1.165, 1.54) is 7.11 Å². The van der Waals surface area contributed by atoms with Crippen molar-refractivity contribution >= 4 is 5.91 Å². The minimum Gasteiger partial charge on any atom is -0.396 e. The van der Waals surface area contributed by atoms with Crippen molar-refractivity contribution in [3.05, 3.63) is 0 Å². The number of aliphatic hydroxyl groups excluding tert-OH is 2. The highest BCUT2D eigenvalue weighted by Gasteiger charge is 2.34. The minimum absolute atomic E-state index is 0.0180. The second-order valence-corrected chi connectivity index (χ2v) is 4.13. The predicted octanol–water partition coefficient (Wildman–Crippen LogP) is -0.774. The summed E-state index contributed by atoms with van der Waals surface area (Å²) >= 11 is 0. The van der Waals surface area contributed by atoms with Gasteiger partial charge in [-0.2, -0.15) is 0 Å². The number of amides is 1. The zero-order chi connectivity index (χ0) is 11.3. The van der Waals surface area contributed by atoms with Crippen LogP contribution in [-0.2, 0) is 9.53 Å². The van der Waals surface area contributed by atoms with E-state index in [4.69, 9.17) is 4.74 Å². The minimum atomic E-state index is -0.399. The van der Waals surface area contributed by atoms with Gasteiger partial charge in [0.15, 0.2) is 0 Å². The Morgan fingerprint density at radius 2 is 1.87 bits per heavy atom. The topological polar surface area (TPSA) is 70.0 Å². The summed E-state index contributed by atoms with van der Waals surface area (Å²) in [5.74, 6) is -0.0259. The molecule has 1 aliphatic rings. The van der Waals surface area contributed by atoms with Crippen molar-refractivity contribution in [2.75, 3.05) is 40.0 Å². The fourth-order valence-corrected chi connectivity index (χ4v) is 1.81. The van der Waals surface area contributed by atoms with Gasteiger partial charge in [-0.1, -0.05) is 0 Å². The molecule has 0 aromatic carbocycles. The second-order valence-electron chi connectivity index (χ2n) is 4.13. The van der Waals surface area contributed by atoms with Gasteiger partial charge in [-0.05, 0) is 12.8 Å². The molecule has 0 atom stereocenters. The Morgan fingerprint density at radius 3 is 2.27 bits per heavy atom. The van der Waals surface area contributed by atoms with Gasteiger partial charge in [0.25, 0.3) is 0 Å². The van der Waals surface area contributed by atoms with Crippen LogP contribution in [0.1, 0.15) is 12.8 Å². The smallest absolute Gasteiger partial charge is 0.248 e. The van der Waals surface area contributed by atoms with E-state index in [0.717, 1.165) is 0 Å². The molecule has 0 aromatic rings. The van der Waals surface area contributed by atoms with Crippen molar-refractivity contribution in [3.8, 4) is 0 Å². The third kappa shape index (κ3) is 2.90. The van der Waals surface area contributed by atoms with Crippen LogP contribution in [0.15, 0.2) is 0 Å². The van der Waals surface area contributed by atoms with Gasteiger partial charge in [0.1, 0.15) is 6.61 Å². The maximum absolute atomic E-state index is 11.5. The number of nitrogens with zero attached hydrogens (tertiary/aromatic N) is 1. The molecule has 0 radical (unpaired) electrons. The second kappa shape index (κ2) is 5.44. The SMILES string of the molecule is COCC(=O)N1CCC(CO)(CO)CC1. The van der Waals surface area contributed by atoms with E-state index in [2.05, 4.69) is 0 Å². The summed E-state index contributed by atoms with van der Waals surface area (Å²) in [7, 11) is 1.49. The summed E-state index contributed by atoms with van der Waals surface area (Å²) in [5.41, 5.74) is -0.399. The molecule has 0 bridgehead atoms. The largest absolute Gasteiger partial charge is 0.396 e. The number of carbonyl (C=O) groups excluding carboxylic acids is 1. The Bertz CT molecular complexity index is 205. The first kappa shape index (κ1) is 12.4. The lowest BCUT2D eigenvalue weighted by Gasteiger charge is -2.39. The van der Waals surface area contributed by atoms with Gasteiger partial charge in [0, 0.05) is 25.6 Å². The number of hydrogen-bond donors (Lipinski definition) is 2. The van der Waals surface area contributed by atoms with Gasteiger partial charge in [0.05, 0.1) is 13.2 Å². The number of methoxy groups -OCH3 is 1. The Kier molecular flexibility index (Phi) is 4.50. The highest BCUT2D eigenvalue weighted by molar-refractivity contribution is 5.77. The lowest BCUT2D eigenvalue weighted by molar-refractivity contribution is -0.138. The molecule has 1 rings (SSSR count). The summed E-state index contributed by atoms with van der Waals surface area (Å²) in [6.45, 7) is 1.24. The van der Waals surface area contributed by atoms with Crippen molar-refractivity contribution < 1.29 is 19.7 Å². The molecule has 0 aromatic heterocycles. The number of carbonyl (C=O) groups is 1. The first-order valence-electron chi connectivity index (χ1n) is 5.16. The molecule has 15 heavy (non-hydrogen) atoms. The van der Waals surface area contributed by atoms with Crippen LogP contribution < -0.4 is 0 Å². The van der Waals surface area contributed by atoms with Crippen molar-refractivity contribution in [3.63, 3.8) is 0 Å². The van der Waals surface area contributed by atoms with Crippen molar-refractivity contribution in [2.24, 2.45) is 5.41 Å². The summed E-state index contributed by atoms with van der Waals surface area (Å²) < 4.78 is 4.77. The van der Waals surface area contributed by atoms with Crippen LogP contribution in [-0.4, -0.2) is 61.0 Å². The lowest BCUT2D eigenvalue weighted by Crippen LogP contribution is -2.47. The van der Waals surface area contributed by atoms with Gasteiger partial charge in [-0.25, -0.2) is 0 Å². The third-order valence-electron chi connectivity index (χ3n) is 3.12. The molecule has 1 saturated heterocycles. The number of aliphatic hydroxyl groups is 2. The zero-order valence-electron chi connectivity index (χ0n) is 9.11. The fourth-order valence-electron chi connectivity index (χ4n) is 1.81. The monoisotopic (exact) mass is 217 g/mol. The van der Waals surface area contributed by atoms with Crippen LogP contribution in [0.25, 0.3) is 0 Å². The maximum Gasteiger partial charge on any atom is 0.248 e. The summed E-state index contributed by atoms with van der Waals surface area (Å²) in [6.07, 6.45) is 1.30. The van der Waals surface area contributed by atoms with E-state index < -0.39 is 5.41 Å². The molecule has 2 N–H and O–H groups in total. The Balaban J connectivity index is 2.44. The van der Waals surface area contributed by atoms with Gasteiger partial charge in [-0.15, -0.1) is 0 Å². The normalized spacial score (nSPS) is 20.3. The quantitative estimate of drug-likeness (QED) is 0.648. The molecule has 0 spiro atoms. The van der Waals surface area contributed by atoms with E-state index in [1.807, 2.05) is 0 Å². The van der Waals surface area contributed by atoms with Crippen molar-refractivity contribution in [1.29, 1.82) is 0 Å². The van der Waals surface area contributed by atoms with E-state index in [9.17, 15) is 15.0 Å². The molecule has 88 valence electrons. The molecule has 5 heteroatoms. The third-order valence-corrected chi connectivity index (χ3v) is 3.12. The standard InChI is InChI=1S/C10H19NO4/c1-15-6-9(14)11-4-2-10(7-12,8-13)3-5-11/h12-13H,2-8H2,1H3. The molecule has 1 fully saturated rings. The summed E-state index contributed by atoms with van der Waals surface area (Å²) in [5, 5.41) is 18.4. The van der Waals surface area contributed by atoms with Gasteiger partial charge >= 0.3 is 0 Å². The Morgan fingerprint density at radius 1 is 1.33 bits per heavy atom. The zero-order valence-corrected chi connectivity index (χ0v) is 9.11. The molecule has 0 aliphatic carbocycles. The number of hydrogen-bond acceptors (Lipinski definition) is 4. The van der Waals surface area contributed by atoms with Crippen molar-refractivity contribution in [1.82, 2.24) is 4.90 Å². The van der Waals surface area contributed by atoms with Crippen LogP contribution in [0, 0.1) is 5.41 Å². The number of likely N-dealkylation sites (tertiary alicyclic amines) is 1. The van der Waals surface area contributed by atoms with E-state index in [0.29, 0.717) is 25.9 Å². The Hall–Kier alpha value is -0.650. The van der Waals surface area contributed by atoms with Crippen LogP contribution in [0.2, 0.25) is 0 Å². The molecule has 1 aliphatic heterocycles. The average molecular weight is 217 g/mol. The van der Waals surface area contributed by atoms with Crippen molar-refractivity contribution in [2.45, 2.75) is 12.8 Å². The first-order chi connectivity index (χ1) is 7.17. The number of piperidine rings is 1. The van der Waals surface area contributed by atoms with Gasteiger partial charge in [-0.3, -0.25) is 4.79 Å². The number of ether oxygens (including phenoxy) is 1. The van der Waals surface area contributed by atoms with Gasteiger partial charge < -0.3 is 19.8 Å². The molecule has 1 heterocycles. The summed E-state index contributed by atoms with van der Waals surface area (Å²) in [4.78, 5) is 13.2. The van der Waals surface area contributed by atoms with Crippen LogP contribution >= 0.6 is 0 Å². The van der Waals surface area contributed by atoms with Crippen LogP contribution in [0.4, 0.5) is 0 Å². The molecule has 0 saturated carbocycles. The molecular formula is C10H19NO4. The highest BCUT2D eigenvalue weighted by atomic mass is 16.5. The van der Waals surface area contributed by atoms with E-state index >= 15 is 0 Å². The molecular weight excluding hydrogens is 198 g/mol. The van der Waals surface area contributed by atoms with Crippen LogP contribution in [0.3, 0.4) is 0 Å². The Labute approximate surface area is 89.6 Å². The highest BCUT2D eigenvalue weighted by Crippen LogP contribution is 2.30. The van der Waals surface area contributed by atoms with E-state index in [-0.39, 0.29) is 25.7 Å². The van der Waals surface area contributed by atoms with Gasteiger partial charge in [0.2, 0.25) is 5.91 Å². The molecule has 5 nitrogen and oxygen atoms in total. The van der Waals surface area contributed by atoms with E-state index in [1.54, 1.807) is 4.90 Å². The number of rotatable bonds is 4. The average Bonchev–Trinajstić information content (AvgIpc) is 2.29. The molecule has 0 unspecified atom stereocenters. The summed E-state index contributed by atoms with van der Waals surface area (Å²) in [6, 6.07) is 0. The van der Waals surface area contributed by atoms with Crippen LogP contribution in [0.5, 0.6) is 0 Å².